The Morgan fingerprint density at radius 1 is 0.182 bits per heavy atom. The molecule has 0 aliphatic carbocycles. The fraction of sp³-hybridized carbons (Fsp3) is 0. The van der Waals surface area contributed by atoms with E-state index in [0.29, 0.717) is 0 Å². The molecule has 0 nitrogen and oxygen atoms in total. The summed E-state index contributed by atoms with van der Waals surface area (Å²) in [5.74, 6) is 0. The fourth-order valence-corrected chi connectivity index (χ4v) is 0. The van der Waals surface area contributed by atoms with Crippen molar-refractivity contribution in [3.8, 4) is 0 Å². The Hall–Kier alpha value is 1.65. The Labute approximate surface area is 113 Å². The molecule has 0 spiro atoms. The van der Waals surface area contributed by atoms with E-state index in [1.807, 2.05) is 0 Å². The van der Waals surface area contributed by atoms with Crippen LogP contribution in [0.1, 0.15) is 0 Å². The van der Waals surface area contributed by atoms with Crippen LogP contribution in [0.4, 0.5) is 0 Å². The van der Waals surface area contributed by atoms with Gasteiger partial charge in [-0.1, -0.05) is 0 Å². The Morgan fingerprint density at radius 2 is 0.182 bits per heavy atom. The summed E-state index contributed by atoms with van der Waals surface area (Å²) >= 11 is 0. The zero-order valence-corrected chi connectivity index (χ0v) is 0. The van der Waals surface area contributed by atoms with Gasteiger partial charge in [-0.05, 0) is 0 Å². The molecule has 0 unspecified atom stereocenters. The van der Waals surface area contributed by atoms with Crippen LogP contribution >= 0.6 is 0 Å². The summed E-state index contributed by atoms with van der Waals surface area (Å²) < 4.78 is 0. The van der Waals surface area contributed by atoms with Gasteiger partial charge in [-0.25, -0.2) is 0 Å². The predicted octanol–water partition coefficient (Wildman–Crippen LogP) is -12.5. The third-order valence-corrected chi connectivity index (χ3v) is 0. The van der Waals surface area contributed by atoms with E-state index in [9.17, 15) is 0 Å². The molecule has 0 radical (unpaired) electrons. The Balaban J connectivity index is 0. The van der Waals surface area contributed by atoms with Crippen LogP contribution in [0.25, 0.3) is 0 Å². The molecule has 0 bridgehead atoms. The minimum atomic E-state index is 0. The molecule has 0 aromatic heterocycles. The summed E-state index contributed by atoms with van der Waals surface area (Å²) in [5, 5.41) is 0. The van der Waals surface area contributed by atoms with Gasteiger partial charge in [-0.3, -0.25) is 0 Å². The van der Waals surface area contributed by atoms with Gasteiger partial charge in [0.05, 0.1) is 84.1 Å². The summed E-state index contributed by atoms with van der Waals surface area (Å²) in [4.78, 5) is 0. The van der Waals surface area contributed by atoms with Crippen LogP contribution in [0.15, 0.2) is 0 Å². The maximum atomic E-state index is 0. The van der Waals surface area contributed by atoms with Gasteiger partial charge in [0.1, 0.15) is 0 Å². The molecule has 0 saturated carbocycles. The van der Waals surface area contributed by atoms with Crippen LogP contribution in [0.3, 0.4) is 0 Å². The Morgan fingerprint density at radius 3 is 0.182 bits per heavy atom. The maximum absolute atomic E-state index is 0. The summed E-state index contributed by atoms with van der Waals surface area (Å²) in [6.07, 6.45) is 0. The first-order valence-corrected chi connectivity index (χ1v) is 0. The van der Waals surface area contributed by atoms with E-state index in [4.69, 9.17) is 0 Å². The SMILES string of the molecule is B.B.B.B.B.B.B.B.B.B.[NaH]. The molecule has 0 aromatic carbocycles. The van der Waals surface area contributed by atoms with Gasteiger partial charge in [0.25, 0.3) is 0 Å². The second-order valence-electron chi connectivity index (χ2n) is 0. The van der Waals surface area contributed by atoms with Gasteiger partial charge in [-0.15, -0.1) is 0 Å². The van der Waals surface area contributed by atoms with Crippen molar-refractivity contribution in [1.82, 2.24) is 0 Å². The average Bonchev–Trinajstić information content (AvgIpc) is 0. The van der Waals surface area contributed by atoms with Crippen LogP contribution in [-0.4, -0.2) is 114 Å². The molecule has 0 N–H and O–H groups in total. The molecule has 0 atom stereocenters. The summed E-state index contributed by atoms with van der Waals surface area (Å²) in [7, 11) is 0. The van der Waals surface area contributed by atoms with E-state index in [0.717, 1.165) is 0 Å². The molecular formula is H31B10Na. The van der Waals surface area contributed by atoms with Crippen molar-refractivity contribution in [2.45, 2.75) is 0 Å². The molecule has 11 heavy (non-hydrogen) atoms. The number of hydrogen-bond donors (Lipinski definition) is 0. The summed E-state index contributed by atoms with van der Waals surface area (Å²) in [5.41, 5.74) is 0. The standard InChI is InChI=1S/10BH3.Na.H/h10*1H3;;. The van der Waals surface area contributed by atoms with Crippen LogP contribution in [0.5, 0.6) is 0 Å². The molecule has 0 rings (SSSR count). The first-order chi connectivity index (χ1) is 0. The third kappa shape index (κ3) is 399. The minimum absolute atomic E-state index is 0. The summed E-state index contributed by atoms with van der Waals surface area (Å²) in [6.45, 7) is 0. The molecular weight excluding hydrogens is 131 g/mol. The van der Waals surface area contributed by atoms with Crippen LogP contribution in [0.2, 0.25) is 0 Å². The fourth-order valence-electron chi connectivity index (χ4n) is 0. The van der Waals surface area contributed by atoms with Crippen molar-refractivity contribution in [3.63, 3.8) is 0 Å². The topological polar surface area (TPSA) is 0 Å². The van der Waals surface area contributed by atoms with Crippen molar-refractivity contribution < 1.29 is 0 Å². The quantitative estimate of drug-likeness (QED) is 0.310. The molecule has 0 heterocycles. The Kier molecular flexibility index (Phi) is 27900. The molecule has 0 amide bonds. The van der Waals surface area contributed by atoms with Crippen molar-refractivity contribution in [2.24, 2.45) is 0 Å². The molecule has 62 valence electrons. The molecule has 11 heteroatoms. The average molecular weight is 162 g/mol. The predicted molar refractivity (Wildman–Crippen MR) is 107 cm³/mol. The van der Waals surface area contributed by atoms with Crippen LogP contribution in [0, 0.1) is 0 Å². The molecule has 0 aliphatic rings. The van der Waals surface area contributed by atoms with E-state index < -0.39 is 0 Å². The van der Waals surface area contributed by atoms with E-state index in [-0.39, 0.29) is 114 Å². The van der Waals surface area contributed by atoms with Gasteiger partial charge >= 0.3 is 29.6 Å². The van der Waals surface area contributed by atoms with E-state index in [1.165, 1.54) is 0 Å². The van der Waals surface area contributed by atoms with E-state index >= 15 is 0 Å². The van der Waals surface area contributed by atoms with Gasteiger partial charge in [-0.2, -0.15) is 0 Å². The first-order valence-electron chi connectivity index (χ1n) is 0. The third-order valence-electron chi connectivity index (χ3n) is 0. The van der Waals surface area contributed by atoms with Crippen molar-refractivity contribution in [1.29, 1.82) is 0 Å². The van der Waals surface area contributed by atoms with Crippen LogP contribution < -0.4 is 0 Å². The van der Waals surface area contributed by atoms with E-state index in [1.54, 1.807) is 0 Å². The van der Waals surface area contributed by atoms with Crippen molar-refractivity contribution in [2.75, 3.05) is 0 Å². The number of hydrogen-bond acceptors (Lipinski definition) is 0. The van der Waals surface area contributed by atoms with Gasteiger partial charge in [0.15, 0.2) is 0 Å². The normalized spacial score (nSPS) is 0. The van der Waals surface area contributed by atoms with Gasteiger partial charge < -0.3 is 0 Å². The molecule has 0 aliphatic heterocycles. The molecule has 0 saturated heterocycles. The van der Waals surface area contributed by atoms with Crippen molar-refractivity contribution >= 4 is 114 Å². The van der Waals surface area contributed by atoms with Crippen LogP contribution in [-0.2, 0) is 0 Å². The second-order valence-corrected chi connectivity index (χ2v) is 0. The van der Waals surface area contributed by atoms with Gasteiger partial charge in [0, 0.05) is 0 Å². The monoisotopic (exact) mass is 164 g/mol. The zero-order valence-electron chi connectivity index (χ0n) is 0. The summed E-state index contributed by atoms with van der Waals surface area (Å²) in [6, 6.07) is 0. The molecule has 0 aromatic rings. The van der Waals surface area contributed by atoms with Gasteiger partial charge in [0.2, 0.25) is 0 Å². The first kappa shape index (κ1) is 631. The Bertz CT molecular complexity index is 4.83. The number of rotatable bonds is 0. The second kappa shape index (κ2) is 486. The van der Waals surface area contributed by atoms with E-state index in [2.05, 4.69) is 0 Å². The van der Waals surface area contributed by atoms with Crippen molar-refractivity contribution in [3.05, 3.63) is 0 Å². The zero-order chi connectivity index (χ0) is 0. The molecule has 0 fully saturated rings.